The molecule has 5 heteroatoms. The second-order valence-electron chi connectivity index (χ2n) is 4.99. The number of thiazole rings is 1. The van der Waals surface area contributed by atoms with Crippen molar-refractivity contribution in [3.8, 4) is 0 Å². The first kappa shape index (κ1) is 15.1. The molecule has 0 aliphatic rings. The number of rotatable bonds is 5. The molecule has 18 heavy (non-hydrogen) atoms. The van der Waals surface area contributed by atoms with Crippen molar-refractivity contribution in [3.05, 3.63) is 16.1 Å². The molecule has 0 saturated carbocycles. The third-order valence-corrected chi connectivity index (χ3v) is 3.24. The highest BCUT2D eigenvalue weighted by atomic mass is 32.1. The van der Waals surface area contributed by atoms with E-state index < -0.39 is 0 Å². The van der Waals surface area contributed by atoms with Crippen LogP contribution in [0.15, 0.2) is 5.38 Å². The summed E-state index contributed by atoms with van der Waals surface area (Å²) in [6.07, 6.45) is -0.101. The van der Waals surface area contributed by atoms with Crippen molar-refractivity contribution in [2.45, 2.75) is 40.7 Å². The maximum atomic E-state index is 11.6. The zero-order valence-electron chi connectivity index (χ0n) is 11.6. The highest BCUT2D eigenvalue weighted by Crippen LogP contribution is 2.37. The van der Waals surface area contributed by atoms with Crippen LogP contribution in [0.4, 0.5) is 0 Å². The molecule has 1 rings (SSSR count). The van der Waals surface area contributed by atoms with Crippen LogP contribution in [0.3, 0.4) is 0 Å². The van der Waals surface area contributed by atoms with Gasteiger partial charge in [0.15, 0.2) is 5.69 Å². The quantitative estimate of drug-likeness (QED) is 0.770. The average molecular weight is 271 g/mol. The molecule has 1 unspecified atom stereocenters. The van der Waals surface area contributed by atoms with Gasteiger partial charge in [0.1, 0.15) is 11.1 Å². The van der Waals surface area contributed by atoms with Crippen molar-refractivity contribution in [2.75, 3.05) is 13.2 Å². The van der Waals surface area contributed by atoms with Crippen molar-refractivity contribution in [1.29, 1.82) is 0 Å². The molecule has 0 radical (unpaired) electrons. The zero-order chi connectivity index (χ0) is 13.8. The minimum atomic E-state index is -0.371. The Bertz CT molecular complexity index is 395. The number of esters is 1. The van der Waals surface area contributed by atoms with E-state index >= 15 is 0 Å². The largest absolute Gasteiger partial charge is 0.461 e. The average Bonchev–Trinajstić information content (AvgIpc) is 2.73. The summed E-state index contributed by atoms with van der Waals surface area (Å²) < 4.78 is 10.7. The summed E-state index contributed by atoms with van der Waals surface area (Å²) in [5.41, 5.74) is 0.311. The van der Waals surface area contributed by atoms with E-state index in [-0.39, 0.29) is 17.5 Å². The first-order valence-electron chi connectivity index (χ1n) is 6.14. The van der Waals surface area contributed by atoms with Crippen LogP contribution in [0.2, 0.25) is 0 Å². The molecule has 0 bridgehead atoms. The summed E-state index contributed by atoms with van der Waals surface area (Å²) in [4.78, 5) is 15.9. The first-order chi connectivity index (χ1) is 8.40. The van der Waals surface area contributed by atoms with Crippen LogP contribution in [0.25, 0.3) is 0 Å². The smallest absolute Gasteiger partial charge is 0.357 e. The van der Waals surface area contributed by atoms with Gasteiger partial charge in [-0.3, -0.25) is 0 Å². The third-order valence-electron chi connectivity index (χ3n) is 2.35. The van der Waals surface area contributed by atoms with E-state index in [0.717, 1.165) is 5.01 Å². The van der Waals surface area contributed by atoms with Crippen LogP contribution in [0, 0.1) is 5.41 Å². The molecule has 1 heterocycles. The Morgan fingerprint density at radius 1 is 1.39 bits per heavy atom. The molecule has 0 spiro atoms. The minimum Gasteiger partial charge on any atom is -0.461 e. The van der Waals surface area contributed by atoms with Gasteiger partial charge in [0.2, 0.25) is 0 Å². The van der Waals surface area contributed by atoms with Gasteiger partial charge in [-0.15, -0.1) is 11.3 Å². The van der Waals surface area contributed by atoms with Gasteiger partial charge in [-0.1, -0.05) is 20.8 Å². The highest BCUT2D eigenvalue weighted by Gasteiger charge is 2.30. The maximum Gasteiger partial charge on any atom is 0.357 e. The van der Waals surface area contributed by atoms with E-state index in [1.807, 2.05) is 6.92 Å². The highest BCUT2D eigenvalue weighted by molar-refractivity contribution is 7.09. The van der Waals surface area contributed by atoms with Gasteiger partial charge >= 0.3 is 5.97 Å². The van der Waals surface area contributed by atoms with E-state index in [1.165, 1.54) is 11.3 Å². The van der Waals surface area contributed by atoms with Crippen molar-refractivity contribution >= 4 is 17.3 Å². The van der Waals surface area contributed by atoms with Crippen molar-refractivity contribution in [2.24, 2.45) is 5.41 Å². The Morgan fingerprint density at radius 3 is 2.56 bits per heavy atom. The molecule has 4 nitrogen and oxygen atoms in total. The molecule has 0 saturated heterocycles. The second-order valence-corrected chi connectivity index (χ2v) is 5.88. The predicted octanol–water partition coefficient (Wildman–Crippen LogP) is 3.44. The number of ether oxygens (including phenoxy) is 2. The number of carbonyl (C=O) groups is 1. The molecule has 0 amide bonds. The van der Waals surface area contributed by atoms with E-state index in [9.17, 15) is 4.79 Å². The number of aromatic nitrogens is 1. The molecule has 0 fully saturated rings. The van der Waals surface area contributed by atoms with Gasteiger partial charge in [-0.2, -0.15) is 0 Å². The van der Waals surface area contributed by atoms with Crippen molar-refractivity contribution in [3.63, 3.8) is 0 Å². The summed E-state index contributed by atoms with van der Waals surface area (Å²) in [5, 5.41) is 2.55. The lowest BCUT2D eigenvalue weighted by atomic mass is 9.89. The Hall–Kier alpha value is -0.940. The van der Waals surface area contributed by atoms with E-state index in [1.54, 1.807) is 12.3 Å². The lowest BCUT2D eigenvalue weighted by molar-refractivity contribution is -0.0135. The van der Waals surface area contributed by atoms with Crippen molar-refractivity contribution in [1.82, 2.24) is 4.98 Å². The van der Waals surface area contributed by atoms with E-state index in [2.05, 4.69) is 25.8 Å². The van der Waals surface area contributed by atoms with Gasteiger partial charge in [-0.25, -0.2) is 9.78 Å². The molecule has 0 aliphatic carbocycles. The van der Waals surface area contributed by atoms with Crippen molar-refractivity contribution < 1.29 is 14.3 Å². The van der Waals surface area contributed by atoms with Crippen LogP contribution >= 0.6 is 11.3 Å². The lowest BCUT2D eigenvalue weighted by Crippen LogP contribution is -2.21. The Labute approximate surface area is 112 Å². The van der Waals surface area contributed by atoms with E-state index in [4.69, 9.17) is 9.47 Å². The number of hydrogen-bond acceptors (Lipinski definition) is 5. The van der Waals surface area contributed by atoms with Crippen LogP contribution in [-0.4, -0.2) is 24.2 Å². The van der Waals surface area contributed by atoms with Gasteiger partial charge in [-0.05, 0) is 19.3 Å². The summed E-state index contributed by atoms with van der Waals surface area (Å²) in [7, 11) is 0. The van der Waals surface area contributed by atoms with Gasteiger partial charge in [0, 0.05) is 12.0 Å². The molecule has 1 atom stereocenters. The fraction of sp³-hybridized carbons (Fsp3) is 0.692. The molecule has 0 N–H and O–H groups in total. The van der Waals surface area contributed by atoms with Crippen LogP contribution in [0.1, 0.15) is 56.2 Å². The summed E-state index contributed by atoms with van der Waals surface area (Å²) >= 11 is 1.44. The standard InChI is InChI=1S/C13H21NO3S/c1-6-16-10(13(3,4)5)11-14-9(8-18-11)12(15)17-7-2/h8,10H,6-7H2,1-5H3. The maximum absolute atomic E-state index is 11.6. The molecule has 0 aliphatic heterocycles. The molecule has 0 aromatic carbocycles. The molecular weight excluding hydrogens is 250 g/mol. The number of hydrogen-bond donors (Lipinski definition) is 0. The number of nitrogens with zero attached hydrogens (tertiary/aromatic N) is 1. The Balaban J connectivity index is 2.91. The fourth-order valence-electron chi connectivity index (χ4n) is 1.57. The molecular formula is C13H21NO3S. The molecule has 102 valence electrons. The van der Waals surface area contributed by atoms with Gasteiger partial charge in [0.05, 0.1) is 6.61 Å². The molecule has 1 aromatic rings. The van der Waals surface area contributed by atoms with Crippen LogP contribution in [-0.2, 0) is 9.47 Å². The fourth-order valence-corrected chi connectivity index (χ4v) is 2.64. The van der Waals surface area contributed by atoms with Crippen LogP contribution < -0.4 is 0 Å². The van der Waals surface area contributed by atoms with Crippen LogP contribution in [0.5, 0.6) is 0 Å². The predicted molar refractivity (Wildman–Crippen MR) is 71.9 cm³/mol. The monoisotopic (exact) mass is 271 g/mol. The summed E-state index contributed by atoms with van der Waals surface area (Å²) in [6.45, 7) is 11.0. The minimum absolute atomic E-state index is 0.0558. The second kappa shape index (κ2) is 6.29. The summed E-state index contributed by atoms with van der Waals surface area (Å²) in [6, 6.07) is 0. The zero-order valence-corrected chi connectivity index (χ0v) is 12.5. The number of carbonyl (C=O) groups excluding carboxylic acids is 1. The third kappa shape index (κ3) is 3.78. The summed E-state index contributed by atoms with van der Waals surface area (Å²) in [5.74, 6) is -0.371. The van der Waals surface area contributed by atoms with Gasteiger partial charge < -0.3 is 9.47 Å². The van der Waals surface area contributed by atoms with Gasteiger partial charge in [0.25, 0.3) is 0 Å². The Kier molecular flexibility index (Phi) is 5.28. The normalized spacial score (nSPS) is 13.4. The topological polar surface area (TPSA) is 48.4 Å². The van der Waals surface area contributed by atoms with E-state index in [0.29, 0.717) is 18.9 Å². The SMILES string of the molecule is CCOC(=O)c1csc(C(OCC)C(C)(C)C)n1. The lowest BCUT2D eigenvalue weighted by Gasteiger charge is -2.28. The first-order valence-corrected chi connectivity index (χ1v) is 7.02. The Morgan fingerprint density at radius 2 is 2.06 bits per heavy atom. The molecule has 1 aromatic heterocycles.